The van der Waals surface area contributed by atoms with Gasteiger partial charge in [-0.1, -0.05) is 0 Å². The van der Waals surface area contributed by atoms with Gasteiger partial charge in [0.25, 0.3) is 0 Å². The van der Waals surface area contributed by atoms with E-state index in [0.717, 1.165) is 6.42 Å². The van der Waals surface area contributed by atoms with Crippen molar-refractivity contribution in [2.75, 3.05) is 6.86 Å². The molecule has 2 aliphatic heterocycles. The number of phenols is 2. The van der Waals surface area contributed by atoms with Crippen LogP contribution in [0, 0.1) is 0 Å². The number of rotatable bonds is 2. The molecule has 2 atom stereocenters. The Morgan fingerprint density at radius 3 is 2.08 bits per heavy atom. The summed E-state index contributed by atoms with van der Waals surface area (Å²) in [5.74, 6) is 0.785. The van der Waals surface area contributed by atoms with Crippen LogP contribution in [0.15, 0.2) is 36.4 Å². The van der Waals surface area contributed by atoms with Crippen LogP contribution in [0.3, 0.4) is 0 Å². The van der Waals surface area contributed by atoms with Crippen molar-refractivity contribution in [2.45, 2.75) is 45.9 Å². The van der Waals surface area contributed by atoms with Gasteiger partial charge in [0.05, 0.1) is 0 Å². The molecule has 0 bridgehead atoms. The summed E-state index contributed by atoms with van der Waals surface area (Å²) < 4.78 is 3.67. The summed E-state index contributed by atoms with van der Waals surface area (Å²) in [4.78, 5) is 0. The van der Waals surface area contributed by atoms with E-state index in [1.807, 2.05) is 18.2 Å². The fourth-order valence-electron chi connectivity index (χ4n) is 5.32. The average Bonchev–Trinajstić information content (AvgIpc) is 2.77. The van der Waals surface area contributed by atoms with Gasteiger partial charge >= 0.3 is 174 Å². The molecule has 4 heteroatoms. The zero-order valence-electron chi connectivity index (χ0n) is 15.4. The van der Waals surface area contributed by atoms with E-state index in [0.29, 0.717) is 12.9 Å². The summed E-state index contributed by atoms with van der Waals surface area (Å²) in [6.45, 7) is 7.01. The molecule has 0 spiro atoms. The third-order valence-electron chi connectivity index (χ3n) is 6.56. The molecule has 2 N–H and O–H groups in total. The topological polar surface area (TPSA) is 40.5 Å². The molecule has 5 rings (SSSR count). The second-order valence-corrected chi connectivity index (χ2v) is 23.3. The molecule has 2 unspecified atom stereocenters. The number of halogens is 2. The molecule has 1 aliphatic carbocycles. The maximum absolute atomic E-state index is 10.3. The first kappa shape index (κ1) is 17.6. The molecule has 0 saturated carbocycles. The van der Waals surface area contributed by atoms with E-state index in [1.165, 1.54) is 33.1 Å². The van der Waals surface area contributed by atoms with Gasteiger partial charge in [-0.3, -0.25) is 0 Å². The first-order valence-corrected chi connectivity index (χ1v) is 15.9. The molecule has 2 aromatic carbocycles. The predicted octanol–water partition coefficient (Wildman–Crippen LogP) is 2.21. The zero-order chi connectivity index (χ0) is 18.3. The molecule has 2 nitrogen and oxygen atoms in total. The molecule has 0 radical (unpaired) electrons. The molecule has 2 saturated heterocycles. The van der Waals surface area contributed by atoms with Crippen molar-refractivity contribution < 1.29 is 31.4 Å². The summed E-state index contributed by atoms with van der Waals surface area (Å²) in [6, 6.07) is 12.1. The molecule has 2 heterocycles. The molecule has 140 valence electrons. The normalized spacial score (nSPS) is 32.7. The fourth-order valence-corrected chi connectivity index (χ4v) is 25.8. The second kappa shape index (κ2) is 5.52. The van der Waals surface area contributed by atoms with Crippen LogP contribution in [0.1, 0.15) is 55.9 Å². The molecule has 3 aliphatic rings. The molecule has 26 heavy (non-hydrogen) atoms. The molecule has 0 aromatic heterocycles. The Morgan fingerprint density at radius 1 is 0.885 bits per heavy atom. The number of fused-ring (bicyclic) bond motifs is 2. The number of hydrogen-bond donors (Lipinski definition) is 2. The Morgan fingerprint density at radius 2 is 1.54 bits per heavy atom. The zero-order valence-corrected chi connectivity index (χ0v) is 19.8. The Hall–Kier alpha value is -0.500. The maximum atomic E-state index is 10.3. The van der Waals surface area contributed by atoms with Gasteiger partial charge in [0, 0.05) is 0 Å². The summed E-state index contributed by atoms with van der Waals surface area (Å²) in [5.41, 5.74) is 5.56. The molecular weight excluding hydrogens is 550 g/mol. The van der Waals surface area contributed by atoms with E-state index < -0.39 is 19.8 Å². The van der Waals surface area contributed by atoms with Gasteiger partial charge in [0.1, 0.15) is 0 Å². The molecular formula is C22H25I2O2-. The van der Waals surface area contributed by atoms with Crippen LogP contribution in [0.25, 0.3) is 0 Å². The number of alkyl halides is 5. The number of benzene rings is 2. The van der Waals surface area contributed by atoms with E-state index in [1.54, 1.807) is 2.43 Å². The van der Waals surface area contributed by atoms with Gasteiger partial charge in [-0.2, -0.15) is 0 Å². The van der Waals surface area contributed by atoms with Crippen LogP contribution < -0.4 is 21.2 Å². The van der Waals surface area contributed by atoms with Gasteiger partial charge in [-0.25, -0.2) is 0 Å². The van der Waals surface area contributed by atoms with Gasteiger partial charge in [-0.05, 0) is 0 Å². The molecule has 2 aromatic rings. The Bertz CT molecular complexity index is 912. The minimum absolute atomic E-state index is 0.0912. The van der Waals surface area contributed by atoms with E-state index >= 15 is 0 Å². The van der Waals surface area contributed by atoms with E-state index in [4.69, 9.17) is 0 Å². The SMILES string of the molecule is CC1(C)CC(C)(c2ccc(O)cc2C23CCI2C[I-]3)c2cc(O)ccc21. The fraction of sp³-hybridized carbons (Fsp3) is 0.455. The van der Waals surface area contributed by atoms with Crippen LogP contribution in [0.4, 0.5) is 0 Å². The Balaban J connectivity index is 1.74. The van der Waals surface area contributed by atoms with Gasteiger partial charge in [-0.15, -0.1) is 0 Å². The third-order valence-corrected chi connectivity index (χ3v) is 27.7. The summed E-state index contributed by atoms with van der Waals surface area (Å²) in [5, 5.41) is 20.5. The van der Waals surface area contributed by atoms with Crippen LogP contribution in [0.5, 0.6) is 11.5 Å². The predicted molar refractivity (Wildman–Crippen MR) is 110 cm³/mol. The van der Waals surface area contributed by atoms with Crippen molar-refractivity contribution in [1.82, 2.24) is 0 Å². The van der Waals surface area contributed by atoms with Crippen molar-refractivity contribution in [3.05, 3.63) is 58.7 Å². The van der Waals surface area contributed by atoms with Crippen molar-refractivity contribution in [1.29, 1.82) is 0 Å². The second-order valence-electron chi connectivity index (χ2n) is 8.69. The van der Waals surface area contributed by atoms with Crippen LogP contribution in [-0.2, 0) is 12.3 Å². The summed E-state index contributed by atoms with van der Waals surface area (Å²) >= 11 is -0.542. The van der Waals surface area contributed by atoms with Crippen molar-refractivity contribution >= 4 is 19.8 Å². The van der Waals surface area contributed by atoms with Crippen molar-refractivity contribution in [2.24, 2.45) is 0 Å². The Kier molecular flexibility index (Phi) is 3.74. The first-order chi connectivity index (χ1) is 12.3. The van der Waals surface area contributed by atoms with Crippen molar-refractivity contribution in [3.63, 3.8) is 0 Å². The quantitative estimate of drug-likeness (QED) is 0.427. The standard InChI is InChI=1S/C22H25I2O2/c1-20(2)12-21(3,18-10-14(25)4-6-16(18)20)17-7-5-15(26)11-19(17)22-8-9-24(22)13-23-22/h4-7,10-11,25-26H,8-9,12-13H2,1-3H3/q-1. The molecule has 0 amide bonds. The van der Waals surface area contributed by atoms with Gasteiger partial charge in [0.15, 0.2) is 0 Å². The average molecular weight is 575 g/mol. The number of phenolic OH excluding ortho intramolecular Hbond substituents is 2. The minimum atomic E-state index is -0.794. The van der Waals surface area contributed by atoms with Gasteiger partial charge in [0.2, 0.25) is 0 Å². The van der Waals surface area contributed by atoms with Gasteiger partial charge < -0.3 is 0 Å². The third kappa shape index (κ3) is 2.20. The monoisotopic (exact) mass is 575 g/mol. The van der Waals surface area contributed by atoms with E-state index in [2.05, 4.69) is 39.0 Å². The van der Waals surface area contributed by atoms with E-state index in [-0.39, 0.29) is 32.0 Å². The van der Waals surface area contributed by atoms with Crippen molar-refractivity contribution in [3.8, 4) is 11.5 Å². The number of aromatic hydroxyl groups is 2. The molecule has 2 fully saturated rings. The van der Waals surface area contributed by atoms with Crippen LogP contribution in [-0.4, -0.2) is 17.1 Å². The summed E-state index contributed by atoms with van der Waals surface area (Å²) in [6.07, 6.45) is 2.42. The van der Waals surface area contributed by atoms with Crippen LogP contribution >= 0.6 is 19.8 Å². The first-order valence-electron chi connectivity index (χ1n) is 9.16. The van der Waals surface area contributed by atoms with E-state index in [9.17, 15) is 10.2 Å². The van der Waals surface area contributed by atoms with Crippen LogP contribution in [0.2, 0.25) is 0 Å². The Labute approximate surface area is 173 Å². The number of hydrogen-bond acceptors (Lipinski definition) is 2. The summed E-state index contributed by atoms with van der Waals surface area (Å²) in [7, 11) is 0.